The summed E-state index contributed by atoms with van der Waals surface area (Å²) in [6, 6.07) is 21.9. The molecule has 3 rings (SSSR count). The molecule has 1 heterocycles. The lowest BCUT2D eigenvalue weighted by Gasteiger charge is -2.32. The predicted molar refractivity (Wildman–Crippen MR) is 97.3 cm³/mol. The first-order valence-electron chi connectivity index (χ1n) is 7.94. The monoisotopic (exact) mass is 334 g/mol. The zero-order valence-corrected chi connectivity index (χ0v) is 14.2. The average molecular weight is 334 g/mol. The van der Waals surface area contributed by atoms with E-state index in [1.54, 1.807) is 0 Å². The highest BCUT2D eigenvalue weighted by molar-refractivity contribution is 8.03. The largest absolute Gasteiger partial charge is 0.319 e. The molecule has 0 bridgehead atoms. The summed E-state index contributed by atoms with van der Waals surface area (Å²) < 4.78 is 0. The van der Waals surface area contributed by atoms with Crippen molar-refractivity contribution in [3.05, 3.63) is 82.4 Å². The van der Waals surface area contributed by atoms with Crippen LogP contribution >= 0.6 is 11.8 Å². The van der Waals surface area contributed by atoms with Crippen LogP contribution in [-0.4, -0.2) is 11.7 Å². The van der Waals surface area contributed by atoms with Gasteiger partial charge in [0.05, 0.1) is 22.6 Å². The van der Waals surface area contributed by atoms with E-state index >= 15 is 0 Å². The van der Waals surface area contributed by atoms with Gasteiger partial charge in [-0.3, -0.25) is 4.79 Å². The first-order chi connectivity index (χ1) is 11.8. The normalized spacial score (nSPS) is 20.4. The second-order valence-corrected chi connectivity index (χ2v) is 6.83. The molecule has 1 N–H and O–H groups in total. The predicted octanol–water partition coefficient (Wildman–Crippen LogP) is 4.17. The van der Waals surface area contributed by atoms with Crippen molar-refractivity contribution >= 4 is 17.7 Å². The molecule has 0 aliphatic carbocycles. The molecule has 2 atom stereocenters. The Hall–Kier alpha value is -2.51. The van der Waals surface area contributed by atoms with Gasteiger partial charge in [-0.15, -0.1) is 11.8 Å². The number of hydrogen-bond donors (Lipinski definition) is 1. The molecule has 2 aromatic rings. The van der Waals surface area contributed by atoms with Gasteiger partial charge in [-0.25, -0.2) is 0 Å². The van der Waals surface area contributed by atoms with E-state index in [9.17, 15) is 10.1 Å². The van der Waals surface area contributed by atoms with Gasteiger partial charge in [0.1, 0.15) is 0 Å². The van der Waals surface area contributed by atoms with Gasteiger partial charge in [-0.05, 0) is 16.9 Å². The molecule has 0 aromatic heterocycles. The maximum atomic E-state index is 12.9. The van der Waals surface area contributed by atoms with Crippen LogP contribution in [0, 0.1) is 11.3 Å². The Kier molecular flexibility index (Phi) is 5.02. The van der Waals surface area contributed by atoms with Crippen molar-refractivity contribution < 1.29 is 4.79 Å². The van der Waals surface area contributed by atoms with Crippen LogP contribution in [0.2, 0.25) is 0 Å². The number of amides is 1. The number of benzene rings is 2. The lowest BCUT2D eigenvalue weighted by Crippen LogP contribution is -2.38. The minimum absolute atomic E-state index is 0.0509. The number of allylic oxidation sites excluding steroid dienone is 1. The fraction of sp³-hybridized carbons (Fsp3) is 0.200. The van der Waals surface area contributed by atoms with Gasteiger partial charge in [-0.1, -0.05) is 67.6 Å². The molecular weight excluding hydrogens is 316 g/mol. The summed E-state index contributed by atoms with van der Waals surface area (Å²) >= 11 is 1.51. The van der Waals surface area contributed by atoms with E-state index in [1.165, 1.54) is 11.8 Å². The van der Waals surface area contributed by atoms with Crippen LogP contribution in [-0.2, 0) is 4.79 Å². The number of carbonyl (C=O) groups excluding carboxylic acids is 1. The summed E-state index contributed by atoms with van der Waals surface area (Å²) in [4.78, 5) is 12.9. The van der Waals surface area contributed by atoms with Crippen LogP contribution in [0.4, 0.5) is 0 Å². The van der Waals surface area contributed by atoms with Gasteiger partial charge in [0.25, 0.3) is 0 Å². The van der Waals surface area contributed by atoms with Crippen molar-refractivity contribution in [2.45, 2.75) is 18.8 Å². The third kappa shape index (κ3) is 3.08. The highest BCUT2D eigenvalue weighted by atomic mass is 32.2. The van der Waals surface area contributed by atoms with Gasteiger partial charge in [-0.2, -0.15) is 5.26 Å². The summed E-state index contributed by atoms with van der Waals surface area (Å²) in [5, 5.41) is 13.4. The average Bonchev–Trinajstić information content (AvgIpc) is 2.63. The number of nitriles is 1. The molecule has 2 aromatic carbocycles. The van der Waals surface area contributed by atoms with Crippen LogP contribution in [0.25, 0.3) is 0 Å². The highest BCUT2D eigenvalue weighted by Gasteiger charge is 2.39. The Morgan fingerprint density at radius 3 is 2.04 bits per heavy atom. The molecule has 4 heteroatoms. The van der Waals surface area contributed by atoms with Crippen molar-refractivity contribution in [2.75, 3.05) is 5.75 Å². The molecular formula is C20H18N2OS. The number of thioether (sulfide) groups is 1. The van der Waals surface area contributed by atoms with Gasteiger partial charge < -0.3 is 5.32 Å². The number of carbonyl (C=O) groups is 1. The fourth-order valence-corrected chi connectivity index (χ4v) is 3.91. The Bertz CT molecular complexity index is 793. The Morgan fingerprint density at radius 1 is 1.00 bits per heavy atom. The fourth-order valence-electron chi connectivity index (χ4n) is 3.12. The molecule has 1 aliphatic rings. The summed E-state index contributed by atoms with van der Waals surface area (Å²) in [5.41, 5.74) is 2.56. The standard InChI is InChI=1S/C20H18N2OS/c1-2-24-20-16(13-21)17(14-9-5-3-6-10-14)18(19(23)22-20)15-11-7-4-8-12-15/h3-12,17-18H,2H2,1H3,(H,22,23). The van der Waals surface area contributed by atoms with Gasteiger partial charge in [0.2, 0.25) is 5.91 Å². The molecule has 0 radical (unpaired) electrons. The Labute approximate surface area is 146 Å². The lowest BCUT2D eigenvalue weighted by atomic mass is 9.75. The number of rotatable bonds is 4. The summed E-state index contributed by atoms with van der Waals surface area (Å²) in [5.74, 6) is 0.0917. The Morgan fingerprint density at radius 2 is 1.54 bits per heavy atom. The number of nitrogens with zero attached hydrogens (tertiary/aromatic N) is 1. The molecule has 1 aliphatic heterocycles. The second-order valence-electron chi connectivity index (χ2n) is 5.55. The van der Waals surface area contributed by atoms with Crippen molar-refractivity contribution in [3.8, 4) is 6.07 Å². The third-order valence-electron chi connectivity index (χ3n) is 4.13. The first-order valence-corrected chi connectivity index (χ1v) is 8.92. The molecule has 120 valence electrons. The summed E-state index contributed by atoms with van der Waals surface area (Å²) in [6.45, 7) is 2.01. The van der Waals surface area contributed by atoms with Crippen molar-refractivity contribution in [2.24, 2.45) is 0 Å². The molecule has 2 unspecified atom stereocenters. The summed E-state index contributed by atoms with van der Waals surface area (Å²) in [6.07, 6.45) is 0. The minimum Gasteiger partial charge on any atom is -0.319 e. The highest BCUT2D eigenvalue weighted by Crippen LogP contribution is 2.44. The van der Waals surface area contributed by atoms with E-state index in [0.29, 0.717) is 10.6 Å². The topological polar surface area (TPSA) is 52.9 Å². The third-order valence-corrected chi connectivity index (χ3v) is 5.03. The SMILES string of the molecule is CCSC1=C(C#N)C(c2ccccc2)C(c2ccccc2)C(=O)N1. The van der Waals surface area contributed by atoms with E-state index < -0.39 is 5.92 Å². The molecule has 3 nitrogen and oxygen atoms in total. The first kappa shape index (κ1) is 16.4. The Balaban J connectivity index is 2.18. The van der Waals surface area contributed by atoms with E-state index in [0.717, 1.165) is 16.9 Å². The van der Waals surface area contributed by atoms with Crippen molar-refractivity contribution in [1.29, 1.82) is 5.26 Å². The van der Waals surface area contributed by atoms with Gasteiger partial charge in [0, 0.05) is 5.92 Å². The molecule has 0 spiro atoms. The maximum absolute atomic E-state index is 12.9. The van der Waals surface area contributed by atoms with Crippen LogP contribution in [0.15, 0.2) is 71.3 Å². The quantitative estimate of drug-likeness (QED) is 0.913. The van der Waals surface area contributed by atoms with Crippen LogP contribution in [0.1, 0.15) is 29.9 Å². The zero-order chi connectivity index (χ0) is 16.9. The minimum atomic E-state index is -0.399. The smallest absolute Gasteiger partial charge is 0.233 e. The molecule has 0 saturated heterocycles. The van der Waals surface area contributed by atoms with E-state index in [-0.39, 0.29) is 11.8 Å². The molecule has 24 heavy (non-hydrogen) atoms. The zero-order valence-electron chi connectivity index (χ0n) is 13.4. The molecule has 1 amide bonds. The van der Waals surface area contributed by atoms with E-state index in [1.807, 2.05) is 67.6 Å². The van der Waals surface area contributed by atoms with Crippen LogP contribution in [0.5, 0.6) is 0 Å². The second kappa shape index (κ2) is 7.37. The van der Waals surface area contributed by atoms with Crippen LogP contribution < -0.4 is 5.32 Å². The van der Waals surface area contributed by atoms with E-state index in [4.69, 9.17) is 0 Å². The van der Waals surface area contributed by atoms with Crippen molar-refractivity contribution in [1.82, 2.24) is 5.32 Å². The van der Waals surface area contributed by atoms with E-state index in [2.05, 4.69) is 11.4 Å². The van der Waals surface area contributed by atoms with Gasteiger partial charge >= 0.3 is 0 Å². The maximum Gasteiger partial charge on any atom is 0.233 e. The lowest BCUT2D eigenvalue weighted by molar-refractivity contribution is -0.122. The number of hydrogen-bond acceptors (Lipinski definition) is 3. The van der Waals surface area contributed by atoms with Crippen LogP contribution in [0.3, 0.4) is 0 Å². The molecule has 0 saturated carbocycles. The van der Waals surface area contributed by atoms with Crippen molar-refractivity contribution in [3.63, 3.8) is 0 Å². The number of nitrogens with one attached hydrogen (secondary N) is 1. The summed E-state index contributed by atoms with van der Waals surface area (Å²) in [7, 11) is 0. The van der Waals surface area contributed by atoms with Gasteiger partial charge in [0.15, 0.2) is 0 Å². The molecule has 0 fully saturated rings.